The van der Waals surface area contributed by atoms with Gasteiger partial charge in [0.25, 0.3) is 0 Å². The second kappa shape index (κ2) is 4.44. The second-order valence-corrected chi connectivity index (χ2v) is 5.86. The molecule has 1 fully saturated rings. The Hall–Kier alpha value is -0.430. The van der Waals surface area contributed by atoms with Gasteiger partial charge in [0, 0.05) is 24.8 Å². The van der Waals surface area contributed by atoms with E-state index in [1.807, 2.05) is 6.20 Å². The van der Waals surface area contributed by atoms with Crippen molar-refractivity contribution in [3.05, 3.63) is 16.1 Å². The first kappa shape index (κ1) is 12.0. The van der Waals surface area contributed by atoms with Gasteiger partial charge >= 0.3 is 0 Å². The molecule has 1 aliphatic carbocycles. The predicted octanol–water partition coefficient (Wildman–Crippen LogP) is 2.31. The van der Waals surface area contributed by atoms with Gasteiger partial charge in [0.15, 0.2) is 0 Å². The topological polar surface area (TPSA) is 47.0 Å². The zero-order chi connectivity index (χ0) is 11.8. The molecule has 1 aromatic rings. The average molecular weight is 333 g/mol. The summed E-state index contributed by atoms with van der Waals surface area (Å²) in [5.41, 5.74) is 0.156. The van der Waals surface area contributed by atoms with Crippen molar-refractivity contribution < 1.29 is 4.74 Å². The number of hydrogen-bond donors (Lipinski definition) is 1. The smallest absolute Gasteiger partial charge is 0.143 e. The Labute approximate surface area is 109 Å². The quantitative estimate of drug-likeness (QED) is 0.863. The highest BCUT2D eigenvalue weighted by Crippen LogP contribution is 2.44. The lowest BCUT2D eigenvalue weighted by atomic mass is 9.64. The SMILES string of the molecule is COC1CC(Nc2ncncc2I)C1(C)C. The van der Waals surface area contributed by atoms with Crippen LogP contribution in [0.4, 0.5) is 5.82 Å². The molecule has 0 aromatic carbocycles. The monoisotopic (exact) mass is 333 g/mol. The number of nitrogens with zero attached hydrogens (tertiary/aromatic N) is 2. The van der Waals surface area contributed by atoms with Gasteiger partial charge in [-0.15, -0.1) is 0 Å². The van der Waals surface area contributed by atoms with E-state index in [0.29, 0.717) is 12.1 Å². The highest BCUT2D eigenvalue weighted by Gasteiger charge is 2.48. The zero-order valence-corrected chi connectivity index (χ0v) is 11.9. The summed E-state index contributed by atoms with van der Waals surface area (Å²) in [6.45, 7) is 4.44. The van der Waals surface area contributed by atoms with Crippen LogP contribution in [0.5, 0.6) is 0 Å². The van der Waals surface area contributed by atoms with Crippen molar-refractivity contribution in [3.63, 3.8) is 0 Å². The molecule has 1 aromatic heterocycles. The molecule has 88 valence electrons. The maximum absolute atomic E-state index is 5.42. The maximum atomic E-state index is 5.42. The van der Waals surface area contributed by atoms with Crippen LogP contribution in [0.2, 0.25) is 0 Å². The Balaban J connectivity index is 2.05. The third-order valence-electron chi connectivity index (χ3n) is 3.44. The number of hydrogen-bond acceptors (Lipinski definition) is 4. The molecule has 5 heteroatoms. The minimum atomic E-state index is 0.156. The normalized spacial score (nSPS) is 27.2. The lowest BCUT2D eigenvalue weighted by Crippen LogP contribution is -2.57. The summed E-state index contributed by atoms with van der Waals surface area (Å²) in [7, 11) is 1.77. The van der Waals surface area contributed by atoms with E-state index in [2.05, 4.69) is 51.7 Å². The van der Waals surface area contributed by atoms with Crippen molar-refractivity contribution in [2.24, 2.45) is 5.41 Å². The summed E-state index contributed by atoms with van der Waals surface area (Å²) in [6, 6.07) is 0.417. The molecule has 0 amide bonds. The maximum Gasteiger partial charge on any atom is 0.143 e. The van der Waals surface area contributed by atoms with Crippen LogP contribution in [0.3, 0.4) is 0 Å². The van der Waals surface area contributed by atoms with Crippen LogP contribution in [-0.2, 0) is 4.74 Å². The minimum absolute atomic E-state index is 0.156. The molecule has 1 saturated carbocycles. The molecule has 2 rings (SSSR count). The third kappa shape index (κ3) is 2.02. The zero-order valence-electron chi connectivity index (χ0n) is 9.70. The summed E-state index contributed by atoms with van der Waals surface area (Å²) in [4.78, 5) is 8.23. The number of methoxy groups -OCH3 is 1. The Morgan fingerprint density at radius 2 is 2.31 bits per heavy atom. The summed E-state index contributed by atoms with van der Waals surface area (Å²) in [5, 5.41) is 3.46. The Morgan fingerprint density at radius 1 is 1.56 bits per heavy atom. The van der Waals surface area contributed by atoms with Crippen molar-refractivity contribution in [2.75, 3.05) is 12.4 Å². The molecule has 0 aliphatic heterocycles. The van der Waals surface area contributed by atoms with E-state index in [0.717, 1.165) is 15.8 Å². The van der Waals surface area contributed by atoms with Crippen LogP contribution in [0.25, 0.3) is 0 Å². The first-order valence-corrected chi connectivity index (χ1v) is 6.38. The molecule has 0 saturated heterocycles. The van der Waals surface area contributed by atoms with Crippen LogP contribution in [0.15, 0.2) is 12.5 Å². The van der Waals surface area contributed by atoms with E-state index in [1.54, 1.807) is 13.4 Å². The van der Waals surface area contributed by atoms with Crippen LogP contribution in [0, 0.1) is 8.99 Å². The van der Waals surface area contributed by atoms with E-state index < -0.39 is 0 Å². The Kier molecular flexibility index (Phi) is 3.34. The molecule has 1 N–H and O–H groups in total. The fourth-order valence-corrected chi connectivity index (χ4v) is 2.57. The van der Waals surface area contributed by atoms with Gasteiger partial charge in [-0.3, -0.25) is 0 Å². The Morgan fingerprint density at radius 3 is 2.88 bits per heavy atom. The molecule has 0 radical (unpaired) electrons. The fraction of sp³-hybridized carbons (Fsp3) is 0.636. The van der Waals surface area contributed by atoms with Crippen LogP contribution in [-0.4, -0.2) is 29.2 Å². The van der Waals surface area contributed by atoms with Gasteiger partial charge < -0.3 is 10.1 Å². The average Bonchev–Trinajstić information content (AvgIpc) is 2.26. The van der Waals surface area contributed by atoms with E-state index in [9.17, 15) is 0 Å². The van der Waals surface area contributed by atoms with Crippen LogP contribution in [0.1, 0.15) is 20.3 Å². The molecule has 1 aliphatic rings. The van der Waals surface area contributed by atoms with E-state index >= 15 is 0 Å². The second-order valence-electron chi connectivity index (χ2n) is 4.70. The summed E-state index contributed by atoms with van der Waals surface area (Å²) >= 11 is 2.24. The standard InChI is InChI=1S/C11H16IN3O/c1-11(2)8(4-9(11)16-3)15-10-7(12)5-13-6-14-10/h5-6,8-9H,4H2,1-3H3,(H,13,14,15). The molecule has 4 nitrogen and oxygen atoms in total. The van der Waals surface area contributed by atoms with Crippen molar-refractivity contribution in [3.8, 4) is 0 Å². The molecule has 16 heavy (non-hydrogen) atoms. The molecular weight excluding hydrogens is 317 g/mol. The van der Waals surface area contributed by atoms with E-state index in [1.165, 1.54) is 0 Å². The van der Waals surface area contributed by atoms with E-state index in [4.69, 9.17) is 4.74 Å². The number of ether oxygens (including phenoxy) is 1. The van der Waals surface area contributed by atoms with Gasteiger partial charge in [-0.05, 0) is 29.0 Å². The number of nitrogens with one attached hydrogen (secondary N) is 1. The predicted molar refractivity (Wildman–Crippen MR) is 71.4 cm³/mol. The molecule has 0 bridgehead atoms. The number of halogens is 1. The van der Waals surface area contributed by atoms with Gasteiger partial charge in [0.1, 0.15) is 12.1 Å². The fourth-order valence-electron chi connectivity index (χ4n) is 2.11. The van der Waals surface area contributed by atoms with Gasteiger partial charge in [-0.25, -0.2) is 9.97 Å². The number of rotatable bonds is 3. The van der Waals surface area contributed by atoms with Crippen molar-refractivity contribution in [1.82, 2.24) is 9.97 Å². The Bertz CT molecular complexity index is 383. The highest BCUT2D eigenvalue weighted by atomic mass is 127. The molecule has 1 heterocycles. The van der Waals surface area contributed by atoms with Crippen molar-refractivity contribution in [2.45, 2.75) is 32.4 Å². The highest BCUT2D eigenvalue weighted by molar-refractivity contribution is 14.1. The van der Waals surface area contributed by atoms with Crippen molar-refractivity contribution >= 4 is 28.4 Å². The molecular formula is C11H16IN3O. The van der Waals surface area contributed by atoms with Gasteiger partial charge in [-0.1, -0.05) is 13.8 Å². The first-order chi connectivity index (χ1) is 7.55. The van der Waals surface area contributed by atoms with E-state index in [-0.39, 0.29) is 5.41 Å². The number of anilines is 1. The molecule has 2 unspecified atom stereocenters. The van der Waals surface area contributed by atoms with Gasteiger partial charge in [0.2, 0.25) is 0 Å². The number of aromatic nitrogens is 2. The summed E-state index contributed by atoms with van der Waals surface area (Å²) < 4.78 is 6.48. The molecule has 2 atom stereocenters. The summed E-state index contributed by atoms with van der Waals surface area (Å²) in [5.74, 6) is 0.920. The third-order valence-corrected chi connectivity index (χ3v) is 4.23. The molecule has 0 spiro atoms. The van der Waals surface area contributed by atoms with Crippen LogP contribution >= 0.6 is 22.6 Å². The largest absolute Gasteiger partial charge is 0.381 e. The first-order valence-electron chi connectivity index (χ1n) is 5.30. The minimum Gasteiger partial charge on any atom is -0.381 e. The van der Waals surface area contributed by atoms with Gasteiger partial charge in [0.05, 0.1) is 9.67 Å². The lowest BCUT2D eigenvalue weighted by molar-refractivity contribution is -0.0795. The van der Waals surface area contributed by atoms with Gasteiger partial charge in [-0.2, -0.15) is 0 Å². The van der Waals surface area contributed by atoms with Crippen molar-refractivity contribution in [1.29, 1.82) is 0 Å². The summed E-state index contributed by atoms with van der Waals surface area (Å²) in [6.07, 6.45) is 4.76. The van der Waals surface area contributed by atoms with Crippen LogP contribution < -0.4 is 5.32 Å². The lowest BCUT2D eigenvalue weighted by Gasteiger charge is -2.51.